The van der Waals surface area contributed by atoms with E-state index in [0.717, 1.165) is 12.8 Å². The number of rotatable bonds is 2. The van der Waals surface area contributed by atoms with Gasteiger partial charge in [-0.25, -0.2) is 0 Å². The van der Waals surface area contributed by atoms with Crippen molar-refractivity contribution in [2.45, 2.75) is 25.8 Å². The normalized spacial score (nSPS) is 19.5. The summed E-state index contributed by atoms with van der Waals surface area (Å²) < 4.78 is 0. The number of allylic oxidation sites excluding steroid dienone is 4. The molecule has 1 aliphatic rings. The molecule has 0 saturated heterocycles. The first-order chi connectivity index (χ1) is 5.68. The van der Waals surface area contributed by atoms with Crippen LogP contribution in [0.1, 0.15) is 19.8 Å². The van der Waals surface area contributed by atoms with Gasteiger partial charge in [-0.2, -0.15) is 0 Å². The first-order valence-corrected chi connectivity index (χ1v) is 4.20. The molecular weight excluding hydrogens is 150 g/mol. The second kappa shape index (κ2) is 4.12. The minimum atomic E-state index is 0.182. The Morgan fingerprint density at radius 1 is 1.50 bits per heavy atom. The fraction of sp³-hybridized carbons (Fsp3) is 0.400. The Kier molecular flexibility index (Phi) is 3.11. The van der Waals surface area contributed by atoms with Crippen LogP contribution in [0.3, 0.4) is 0 Å². The van der Waals surface area contributed by atoms with Crippen molar-refractivity contribution >= 4 is 0 Å². The largest absolute Gasteiger partial charge is 0.508 e. The number of aliphatic hydroxyl groups is 1. The molecule has 1 unspecified atom stereocenters. The minimum Gasteiger partial charge on any atom is -0.508 e. The number of nitrogens with two attached hydrogens (primary N) is 1. The number of hydrogen-bond acceptors (Lipinski definition) is 2. The summed E-state index contributed by atoms with van der Waals surface area (Å²) in [6.07, 6.45) is 9.16. The van der Waals surface area contributed by atoms with E-state index in [9.17, 15) is 0 Å². The van der Waals surface area contributed by atoms with E-state index in [4.69, 9.17) is 10.8 Å². The lowest BCUT2D eigenvalue weighted by molar-refractivity contribution is 0.431. The average molecular weight is 165 g/mol. The van der Waals surface area contributed by atoms with Gasteiger partial charge in [0, 0.05) is 6.04 Å². The molecule has 0 aromatic rings. The monoisotopic (exact) mass is 165 g/mol. The second-order valence-corrected chi connectivity index (χ2v) is 3.16. The van der Waals surface area contributed by atoms with Gasteiger partial charge in [-0.15, -0.1) is 0 Å². The molecule has 2 heteroatoms. The maximum atomic E-state index is 9.15. The van der Waals surface area contributed by atoms with Gasteiger partial charge in [-0.1, -0.05) is 17.7 Å². The Hall–Kier alpha value is -1.02. The van der Waals surface area contributed by atoms with Crippen molar-refractivity contribution in [3.63, 3.8) is 0 Å². The van der Waals surface area contributed by atoms with Gasteiger partial charge in [0.15, 0.2) is 0 Å². The lowest BCUT2D eigenvalue weighted by atomic mass is 10.1. The van der Waals surface area contributed by atoms with E-state index in [1.165, 1.54) is 5.57 Å². The second-order valence-electron chi connectivity index (χ2n) is 3.16. The van der Waals surface area contributed by atoms with Crippen molar-refractivity contribution in [2.75, 3.05) is 0 Å². The lowest BCUT2D eigenvalue weighted by Gasteiger charge is -2.04. The Bertz CT molecular complexity index is 236. The summed E-state index contributed by atoms with van der Waals surface area (Å²) in [4.78, 5) is 0. The third kappa shape index (κ3) is 2.93. The molecular formula is C10H15NO. The van der Waals surface area contributed by atoms with Crippen molar-refractivity contribution in [3.8, 4) is 0 Å². The number of aliphatic hydroxyl groups excluding tert-OH is 1. The highest BCUT2D eigenvalue weighted by Crippen LogP contribution is 2.12. The quantitative estimate of drug-likeness (QED) is 0.657. The Morgan fingerprint density at radius 3 is 2.92 bits per heavy atom. The summed E-state index contributed by atoms with van der Waals surface area (Å²) in [6, 6.07) is 0.182. The fourth-order valence-electron chi connectivity index (χ4n) is 1.18. The number of hydrogen-bond donors (Lipinski definition) is 2. The summed E-state index contributed by atoms with van der Waals surface area (Å²) in [6.45, 7) is 1.98. The van der Waals surface area contributed by atoms with Crippen molar-refractivity contribution in [1.82, 2.24) is 0 Å². The minimum absolute atomic E-state index is 0.182. The standard InChI is InChI=1S/C10H15NO/c1-8(11)7-9-3-2-4-10(12)6-5-9/h3-6,8,12H,2,7,11H2,1H3. The maximum Gasteiger partial charge on any atom is 0.111 e. The van der Waals surface area contributed by atoms with E-state index < -0.39 is 0 Å². The molecule has 0 radical (unpaired) electrons. The molecule has 0 aromatic heterocycles. The smallest absolute Gasteiger partial charge is 0.111 e. The molecule has 0 spiro atoms. The maximum absolute atomic E-state index is 9.15. The van der Waals surface area contributed by atoms with Gasteiger partial charge in [0.05, 0.1) is 0 Å². The zero-order chi connectivity index (χ0) is 8.97. The van der Waals surface area contributed by atoms with E-state index in [0.29, 0.717) is 5.76 Å². The molecule has 0 amide bonds. The molecule has 1 rings (SSSR count). The van der Waals surface area contributed by atoms with E-state index >= 15 is 0 Å². The van der Waals surface area contributed by atoms with E-state index in [1.807, 2.05) is 13.0 Å². The van der Waals surface area contributed by atoms with Crippen molar-refractivity contribution in [1.29, 1.82) is 0 Å². The third-order valence-electron chi connectivity index (χ3n) is 1.73. The van der Waals surface area contributed by atoms with Crippen LogP contribution in [0.4, 0.5) is 0 Å². The summed E-state index contributed by atoms with van der Waals surface area (Å²) in [5.74, 6) is 0.339. The first kappa shape index (κ1) is 9.07. The molecule has 0 fully saturated rings. The van der Waals surface area contributed by atoms with Gasteiger partial charge in [-0.3, -0.25) is 0 Å². The highest BCUT2D eigenvalue weighted by Gasteiger charge is 2.00. The van der Waals surface area contributed by atoms with E-state index in [2.05, 4.69) is 6.08 Å². The average Bonchev–Trinajstić information content (AvgIpc) is 2.15. The molecule has 66 valence electrons. The van der Waals surface area contributed by atoms with Crippen LogP contribution in [-0.2, 0) is 0 Å². The van der Waals surface area contributed by atoms with Crippen molar-refractivity contribution in [2.24, 2.45) is 5.73 Å². The molecule has 0 aliphatic heterocycles. The molecule has 0 heterocycles. The highest BCUT2D eigenvalue weighted by molar-refractivity contribution is 5.29. The van der Waals surface area contributed by atoms with Crippen LogP contribution in [0.15, 0.2) is 35.6 Å². The fourth-order valence-corrected chi connectivity index (χ4v) is 1.18. The highest BCUT2D eigenvalue weighted by atomic mass is 16.3. The topological polar surface area (TPSA) is 46.2 Å². The molecule has 12 heavy (non-hydrogen) atoms. The first-order valence-electron chi connectivity index (χ1n) is 4.20. The molecule has 0 bridgehead atoms. The zero-order valence-electron chi connectivity index (χ0n) is 7.33. The van der Waals surface area contributed by atoms with Crippen LogP contribution in [-0.4, -0.2) is 11.1 Å². The van der Waals surface area contributed by atoms with Gasteiger partial charge < -0.3 is 10.8 Å². The Labute approximate surface area is 73.1 Å². The van der Waals surface area contributed by atoms with Gasteiger partial charge in [-0.05, 0) is 31.9 Å². The Morgan fingerprint density at radius 2 is 2.25 bits per heavy atom. The molecule has 1 atom stereocenters. The van der Waals surface area contributed by atoms with E-state index in [-0.39, 0.29) is 6.04 Å². The summed E-state index contributed by atoms with van der Waals surface area (Å²) in [5.41, 5.74) is 6.85. The van der Waals surface area contributed by atoms with Gasteiger partial charge in [0.1, 0.15) is 5.76 Å². The van der Waals surface area contributed by atoms with Crippen LogP contribution >= 0.6 is 0 Å². The predicted molar refractivity (Wildman–Crippen MR) is 50.8 cm³/mol. The van der Waals surface area contributed by atoms with Crippen LogP contribution in [0.5, 0.6) is 0 Å². The van der Waals surface area contributed by atoms with Crippen LogP contribution < -0.4 is 5.73 Å². The van der Waals surface area contributed by atoms with Crippen LogP contribution in [0.25, 0.3) is 0 Å². The van der Waals surface area contributed by atoms with Gasteiger partial charge in [0.25, 0.3) is 0 Å². The van der Waals surface area contributed by atoms with Crippen molar-refractivity contribution in [3.05, 3.63) is 35.6 Å². The summed E-state index contributed by atoms with van der Waals surface area (Å²) >= 11 is 0. The predicted octanol–water partition coefficient (Wildman–Crippen LogP) is 2.05. The third-order valence-corrected chi connectivity index (χ3v) is 1.73. The molecule has 2 nitrogen and oxygen atoms in total. The summed E-state index contributed by atoms with van der Waals surface area (Å²) in [7, 11) is 0. The SMILES string of the molecule is CC(N)CC1=CCC=C(O)C=C1. The Balaban J connectivity index is 2.58. The zero-order valence-corrected chi connectivity index (χ0v) is 7.33. The van der Waals surface area contributed by atoms with Gasteiger partial charge >= 0.3 is 0 Å². The van der Waals surface area contributed by atoms with Crippen LogP contribution in [0, 0.1) is 0 Å². The van der Waals surface area contributed by atoms with Crippen LogP contribution in [0.2, 0.25) is 0 Å². The van der Waals surface area contributed by atoms with Gasteiger partial charge in [0.2, 0.25) is 0 Å². The molecule has 0 saturated carbocycles. The van der Waals surface area contributed by atoms with E-state index in [1.54, 1.807) is 12.2 Å². The van der Waals surface area contributed by atoms with Crippen molar-refractivity contribution < 1.29 is 5.11 Å². The lowest BCUT2D eigenvalue weighted by Crippen LogP contribution is -2.14. The molecule has 3 N–H and O–H groups in total. The molecule has 0 aromatic carbocycles. The summed E-state index contributed by atoms with van der Waals surface area (Å²) in [5, 5.41) is 9.15. The molecule has 1 aliphatic carbocycles.